The number of benzene rings is 4. The zero-order valence-electron chi connectivity index (χ0n) is 30.6. The molecule has 3 nitrogen and oxygen atoms in total. The van der Waals surface area contributed by atoms with Gasteiger partial charge in [0.1, 0.15) is 0 Å². The van der Waals surface area contributed by atoms with Crippen molar-refractivity contribution >= 4 is 32.7 Å². The molecule has 4 aromatic carbocycles. The van der Waals surface area contributed by atoms with E-state index in [0.717, 1.165) is 38.9 Å². The topological polar surface area (TPSA) is 11.6 Å². The van der Waals surface area contributed by atoms with Crippen LogP contribution < -0.4 is 64.6 Å². The highest BCUT2D eigenvalue weighted by Gasteiger charge is 2.29. The summed E-state index contributed by atoms with van der Waals surface area (Å²) in [5, 5.41) is 3.88. The molecule has 0 bridgehead atoms. The molecule has 0 aliphatic rings. The summed E-state index contributed by atoms with van der Waals surface area (Å²) in [6.45, 7) is 16.3. The number of para-hydroxylation sites is 3. The average molecular weight is 871 g/mol. The Kier molecular flexibility index (Phi) is 13.7. The van der Waals surface area contributed by atoms with Gasteiger partial charge in [-0.1, -0.05) is 57.2 Å². The van der Waals surface area contributed by atoms with Crippen LogP contribution >= 0.6 is 0 Å². The van der Waals surface area contributed by atoms with Crippen molar-refractivity contribution in [1.82, 2.24) is 0 Å². The van der Waals surface area contributed by atoms with E-state index in [4.69, 9.17) is 0 Å². The maximum Gasteiger partial charge on any atom is 0.212 e. The van der Waals surface area contributed by atoms with Gasteiger partial charge in [-0.15, -0.1) is 0 Å². The van der Waals surface area contributed by atoms with Gasteiger partial charge in [0.15, 0.2) is 38.2 Å². The van der Waals surface area contributed by atoms with Gasteiger partial charge in [-0.2, -0.15) is 13.7 Å². The summed E-state index contributed by atoms with van der Waals surface area (Å²) >= 11 is 0. The monoisotopic (exact) mass is 867 g/mol. The van der Waals surface area contributed by atoms with E-state index in [1.54, 1.807) is 0 Å². The maximum absolute atomic E-state index is 2.50. The third-order valence-electron chi connectivity index (χ3n) is 10.2. The van der Waals surface area contributed by atoms with Gasteiger partial charge in [0.2, 0.25) is 16.6 Å². The average Bonchev–Trinajstić information content (AvgIpc) is 3.08. The van der Waals surface area contributed by atoms with E-state index in [-0.39, 0.29) is 50.9 Å². The molecule has 7 aromatic rings. The first-order valence-corrected chi connectivity index (χ1v) is 17.7. The highest BCUT2D eigenvalue weighted by atomic mass is 79.9. The molecule has 0 spiro atoms. The first kappa shape index (κ1) is 40.3. The number of halogens is 3. The number of hydrogen-bond donors (Lipinski definition) is 0. The van der Waals surface area contributed by atoms with Crippen molar-refractivity contribution in [2.75, 3.05) is 0 Å². The van der Waals surface area contributed by atoms with E-state index >= 15 is 0 Å². The normalized spacial score (nSPS) is 10.9. The van der Waals surface area contributed by atoms with E-state index in [1.165, 1.54) is 82.8 Å². The summed E-state index contributed by atoms with van der Waals surface area (Å²) in [7, 11) is 0. The zero-order chi connectivity index (χ0) is 33.4. The van der Waals surface area contributed by atoms with E-state index < -0.39 is 0 Å². The van der Waals surface area contributed by atoms with Crippen molar-refractivity contribution in [1.29, 1.82) is 0 Å². The van der Waals surface area contributed by atoms with Crippen LogP contribution in [0.2, 0.25) is 0 Å². The summed E-state index contributed by atoms with van der Waals surface area (Å²) < 4.78 is 7.51. The van der Waals surface area contributed by atoms with Crippen LogP contribution in [0.3, 0.4) is 0 Å². The number of hydrogen-bond acceptors (Lipinski definition) is 0. The number of fused-ring (bicyclic) bond motifs is 3. The molecule has 3 heterocycles. The predicted octanol–water partition coefficient (Wildman–Crippen LogP) is -0.222. The molecular weight excluding hydrogens is 822 g/mol. The lowest BCUT2D eigenvalue weighted by atomic mass is 9.82. The Hall–Kier alpha value is -3.45. The lowest BCUT2D eigenvalue weighted by Crippen LogP contribution is -3.00. The summed E-state index contributed by atoms with van der Waals surface area (Å²) in [6, 6.07) is 33.5. The predicted molar refractivity (Wildman–Crippen MR) is 199 cm³/mol. The molecule has 51 heavy (non-hydrogen) atoms. The fourth-order valence-corrected chi connectivity index (χ4v) is 8.26. The molecule has 0 saturated carbocycles. The number of pyridine rings is 3. The molecule has 0 radical (unpaired) electrons. The Labute approximate surface area is 335 Å². The van der Waals surface area contributed by atoms with E-state index in [0.29, 0.717) is 0 Å². The van der Waals surface area contributed by atoms with Gasteiger partial charge in [-0.05, 0) is 93.1 Å². The summed E-state index contributed by atoms with van der Waals surface area (Å²) in [5.74, 6) is 0. The van der Waals surface area contributed by atoms with Crippen LogP contribution in [0.25, 0.3) is 32.7 Å². The van der Waals surface area contributed by atoms with Crippen LogP contribution in [-0.2, 0) is 38.9 Å². The highest BCUT2D eigenvalue weighted by molar-refractivity contribution is 5.77. The zero-order valence-corrected chi connectivity index (χ0v) is 35.4. The Bertz CT molecular complexity index is 2050. The molecule has 6 heteroatoms. The standard InChI is InChI=1S/C45H48N3.3BrH/c1-7-37-40(28-46-25-31(4)22-34-16-10-13-19-43(34)46)38(8-2)42(30-48-27-33(6)24-36-18-12-15-21-45(36)48)39(9-3)41(37)29-47-26-32(5)23-35-17-11-14-20-44(35)47;;;/h10-27H,7-9,28-30H2,1-6H3;3*1H/q+3;;;/p-3. The molecular formula is C45H48Br3N3. The largest absolute Gasteiger partial charge is 1.00 e. The van der Waals surface area contributed by atoms with Crippen molar-refractivity contribution < 1.29 is 64.6 Å². The van der Waals surface area contributed by atoms with Gasteiger partial charge in [-0.3, -0.25) is 0 Å². The van der Waals surface area contributed by atoms with Crippen molar-refractivity contribution in [3.63, 3.8) is 0 Å². The van der Waals surface area contributed by atoms with Crippen LogP contribution in [0.5, 0.6) is 0 Å². The smallest absolute Gasteiger partial charge is 0.212 e. The first-order valence-electron chi connectivity index (χ1n) is 17.7. The molecule has 0 aliphatic heterocycles. The number of nitrogens with zero attached hydrogens (tertiary/aromatic N) is 3. The minimum Gasteiger partial charge on any atom is -1.00 e. The van der Waals surface area contributed by atoms with E-state index in [1.807, 2.05) is 0 Å². The molecule has 0 atom stereocenters. The highest BCUT2D eigenvalue weighted by Crippen LogP contribution is 2.32. The molecule has 0 unspecified atom stereocenters. The van der Waals surface area contributed by atoms with Crippen LogP contribution in [0.4, 0.5) is 0 Å². The molecule has 0 amide bonds. The van der Waals surface area contributed by atoms with Crippen LogP contribution in [0.15, 0.2) is 110 Å². The molecule has 0 fully saturated rings. The SMILES string of the molecule is CCc1c(C[n+]2cc(C)cc3ccccc32)c(CC)c(C[n+]2cc(C)cc3ccccc32)c(CC)c1C[n+]1cc(C)cc2ccccc21.[Br-].[Br-].[Br-]. The quantitative estimate of drug-likeness (QED) is 0.178. The molecule has 264 valence electrons. The minimum absolute atomic E-state index is 0. The Morgan fingerprint density at radius 2 is 0.627 bits per heavy atom. The molecule has 0 aliphatic carbocycles. The lowest BCUT2D eigenvalue weighted by molar-refractivity contribution is -0.665. The van der Waals surface area contributed by atoms with Gasteiger partial charge < -0.3 is 50.9 Å². The Morgan fingerprint density at radius 3 is 0.882 bits per heavy atom. The van der Waals surface area contributed by atoms with Gasteiger partial charge in [-0.25, -0.2) is 0 Å². The molecule has 7 rings (SSSR count). The number of aromatic nitrogens is 3. The minimum atomic E-state index is 0. The summed E-state index contributed by atoms with van der Waals surface area (Å²) in [4.78, 5) is 0. The maximum atomic E-state index is 2.50. The summed E-state index contributed by atoms with van der Waals surface area (Å²) in [6.07, 6.45) is 10.0. The van der Waals surface area contributed by atoms with E-state index in [9.17, 15) is 0 Å². The van der Waals surface area contributed by atoms with Crippen molar-refractivity contribution in [2.24, 2.45) is 0 Å². The fraction of sp³-hybridized carbons (Fsp3) is 0.267. The first-order chi connectivity index (χ1) is 23.4. The molecule has 3 aromatic heterocycles. The van der Waals surface area contributed by atoms with Crippen LogP contribution in [0, 0.1) is 20.8 Å². The number of rotatable bonds is 9. The van der Waals surface area contributed by atoms with Crippen LogP contribution in [-0.4, -0.2) is 0 Å². The second-order valence-electron chi connectivity index (χ2n) is 13.5. The van der Waals surface area contributed by atoms with Gasteiger partial charge in [0.25, 0.3) is 0 Å². The molecule has 0 saturated heterocycles. The second-order valence-corrected chi connectivity index (χ2v) is 13.5. The third kappa shape index (κ3) is 7.99. The Balaban J connectivity index is 0.00000194. The van der Waals surface area contributed by atoms with Crippen LogP contribution in [0.1, 0.15) is 70.8 Å². The van der Waals surface area contributed by atoms with Crippen molar-refractivity contribution in [3.8, 4) is 0 Å². The summed E-state index contributed by atoms with van der Waals surface area (Å²) in [5.41, 5.74) is 16.8. The Morgan fingerprint density at radius 1 is 0.373 bits per heavy atom. The van der Waals surface area contributed by atoms with Gasteiger partial charge in [0.05, 0.1) is 0 Å². The molecule has 0 N–H and O–H groups in total. The fourth-order valence-electron chi connectivity index (χ4n) is 8.26. The third-order valence-corrected chi connectivity index (χ3v) is 10.2. The van der Waals surface area contributed by atoms with Crippen molar-refractivity contribution in [2.45, 2.75) is 80.4 Å². The van der Waals surface area contributed by atoms with E-state index in [2.05, 4.69) is 165 Å². The number of aryl methyl sites for hydroxylation is 3. The lowest BCUT2D eigenvalue weighted by Gasteiger charge is -2.23. The van der Waals surface area contributed by atoms with Crippen molar-refractivity contribution in [3.05, 3.63) is 160 Å². The second kappa shape index (κ2) is 17.4. The van der Waals surface area contributed by atoms with Gasteiger partial charge >= 0.3 is 0 Å². The van der Waals surface area contributed by atoms with Gasteiger partial charge in [0, 0.05) is 67.7 Å².